The molecule has 114 valence electrons. The zero-order valence-electron chi connectivity index (χ0n) is 12.3. The molecule has 0 atom stereocenters. The van der Waals surface area contributed by atoms with E-state index in [2.05, 4.69) is 4.99 Å². The highest BCUT2D eigenvalue weighted by Gasteiger charge is 2.01. The summed E-state index contributed by atoms with van der Waals surface area (Å²) in [6.07, 6.45) is 9.69. The van der Waals surface area contributed by atoms with Crippen LogP contribution in [-0.2, 0) is 11.2 Å². The van der Waals surface area contributed by atoms with Crippen LogP contribution in [0.2, 0.25) is 0 Å². The van der Waals surface area contributed by atoms with E-state index in [4.69, 9.17) is 0 Å². The summed E-state index contributed by atoms with van der Waals surface area (Å²) in [5, 5.41) is 10.2. The lowest BCUT2D eigenvalue weighted by atomic mass is 10.0. The van der Waals surface area contributed by atoms with E-state index in [0.29, 0.717) is 12.1 Å². The second-order valence-corrected chi connectivity index (χ2v) is 5.11. The Kier molecular flexibility index (Phi) is 8.73. The summed E-state index contributed by atoms with van der Waals surface area (Å²) >= 11 is 0. The maximum Gasteiger partial charge on any atom is 0.240 e. The number of unbranched alkanes of at least 4 members (excludes halogenated alkanes) is 6. The maximum absolute atomic E-state index is 10.3. The van der Waals surface area contributed by atoms with Crippen LogP contribution in [0.3, 0.4) is 0 Å². The first-order valence-corrected chi connectivity index (χ1v) is 7.51. The van der Waals surface area contributed by atoms with Crippen molar-refractivity contribution in [2.75, 3.05) is 6.54 Å². The number of para-hydroxylation sites is 1. The Bertz CT molecular complexity index is 482. The third-order valence-electron chi connectivity index (χ3n) is 3.44. The molecule has 1 rings (SSSR count). The summed E-state index contributed by atoms with van der Waals surface area (Å²) in [5.41, 5.74) is 1.80. The smallest absolute Gasteiger partial charge is 0.240 e. The van der Waals surface area contributed by atoms with E-state index in [0.717, 1.165) is 50.5 Å². The number of aryl methyl sites for hydroxylation is 1. The van der Waals surface area contributed by atoms with Crippen molar-refractivity contribution in [1.29, 1.82) is 0 Å². The Morgan fingerprint density at radius 1 is 1.00 bits per heavy atom. The number of benzene rings is 1. The molecule has 0 amide bonds. The summed E-state index contributed by atoms with van der Waals surface area (Å²) in [5.74, 6) is 0. The van der Waals surface area contributed by atoms with Gasteiger partial charge in [0.15, 0.2) is 0 Å². The van der Waals surface area contributed by atoms with Gasteiger partial charge in [-0.3, -0.25) is 10.1 Å². The minimum absolute atomic E-state index is 0.0913. The van der Waals surface area contributed by atoms with Crippen molar-refractivity contribution in [2.45, 2.75) is 51.4 Å². The second kappa shape index (κ2) is 10.7. The molecule has 0 radical (unpaired) electrons. The number of rotatable bonds is 11. The summed E-state index contributed by atoms with van der Waals surface area (Å²) in [6, 6.07) is 7.64. The predicted octanol–water partition coefficient (Wildman–Crippen LogP) is 4.20. The molecule has 5 nitrogen and oxygen atoms in total. The Labute approximate surface area is 125 Å². The molecule has 0 bridgehead atoms. The van der Waals surface area contributed by atoms with Gasteiger partial charge >= 0.3 is 0 Å². The minimum Gasteiger partial charge on any atom is -0.265 e. The lowest BCUT2D eigenvalue weighted by Crippen LogP contribution is -1.99. The quantitative estimate of drug-likeness (QED) is 0.201. The lowest BCUT2D eigenvalue weighted by molar-refractivity contribution is -0.480. The van der Waals surface area contributed by atoms with Crippen LogP contribution in [0.1, 0.15) is 50.5 Å². The van der Waals surface area contributed by atoms with Gasteiger partial charge in [0.25, 0.3) is 0 Å². The van der Waals surface area contributed by atoms with E-state index in [-0.39, 0.29) is 11.5 Å². The number of aliphatic imine (C=N–C) groups is 1. The number of isocyanates is 1. The molecule has 0 aliphatic heterocycles. The fourth-order valence-electron chi connectivity index (χ4n) is 2.32. The van der Waals surface area contributed by atoms with E-state index < -0.39 is 0 Å². The van der Waals surface area contributed by atoms with Crippen molar-refractivity contribution >= 4 is 11.8 Å². The Morgan fingerprint density at radius 2 is 1.62 bits per heavy atom. The van der Waals surface area contributed by atoms with Crippen LogP contribution in [0.4, 0.5) is 5.69 Å². The number of nitrogens with zero attached hydrogens (tertiary/aromatic N) is 2. The number of carbonyl (C=O) groups excluding carboxylic acids is 1. The molecule has 0 aliphatic rings. The van der Waals surface area contributed by atoms with E-state index in [1.54, 1.807) is 6.08 Å². The maximum atomic E-state index is 10.3. The van der Waals surface area contributed by atoms with E-state index in [1.807, 2.05) is 24.3 Å². The molecule has 21 heavy (non-hydrogen) atoms. The van der Waals surface area contributed by atoms with Crippen LogP contribution < -0.4 is 0 Å². The lowest BCUT2D eigenvalue weighted by Gasteiger charge is -2.04. The van der Waals surface area contributed by atoms with Crippen LogP contribution >= 0.6 is 0 Å². The van der Waals surface area contributed by atoms with Gasteiger partial charge in [-0.05, 0) is 30.9 Å². The van der Waals surface area contributed by atoms with Gasteiger partial charge in [-0.2, -0.15) is 4.99 Å². The highest BCUT2D eigenvalue weighted by molar-refractivity contribution is 5.53. The van der Waals surface area contributed by atoms with Crippen molar-refractivity contribution in [3.63, 3.8) is 0 Å². The van der Waals surface area contributed by atoms with Crippen LogP contribution in [0.5, 0.6) is 0 Å². The van der Waals surface area contributed by atoms with Crippen LogP contribution in [0.15, 0.2) is 29.3 Å². The summed E-state index contributed by atoms with van der Waals surface area (Å²) in [7, 11) is 0. The molecular weight excluding hydrogens is 268 g/mol. The highest BCUT2D eigenvalue weighted by atomic mass is 16.6. The standard InChI is InChI=1S/C16H22N2O3/c19-14-17-16-12-8-7-11-15(16)10-6-4-2-1-3-5-9-13-18(20)21/h7-8,11-12H,1-6,9-10,13H2. The minimum atomic E-state index is -0.251. The first kappa shape index (κ1) is 17.1. The SMILES string of the molecule is O=C=Nc1ccccc1CCCCCCCCC[N+](=O)[O-]. The average molecular weight is 290 g/mol. The first-order chi connectivity index (χ1) is 10.2. The zero-order valence-corrected chi connectivity index (χ0v) is 12.3. The fourth-order valence-corrected chi connectivity index (χ4v) is 2.32. The number of hydrogen-bond acceptors (Lipinski definition) is 4. The third kappa shape index (κ3) is 8.00. The highest BCUT2D eigenvalue weighted by Crippen LogP contribution is 2.20. The summed E-state index contributed by atoms with van der Waals surface area (Å²) < 4.78 is 0. The van der Waals surface area contributed by atoms with Gasteiger partial charge in [-0.15, -0.1) is 0 Å². The molecule has 0 N–H and O–H groups in total. The van der Waals surface area contributed by atoms with Crippen LogP contribution in [0.25, 0.3) is 0 Å². The van der Waals surface area contributed by atoms with Crippen molar-refractivity contribution in [3.8, 4) is 0 Å². The van der Waals surface area contributed by atoms with Gasteiger partial charge in [0.05, 0.1) is 5.69 Å². The van der Waals surface area contributed by atoms with Gasteiger partial charge in [-0.25, -0.2) is 4.79 Å². The van der Waals surface area contributed by atoms with E-state index >= 15 is 0 Å². The van der Waals surface area contributed by atoms with Crippen LogP contribution in [-0.4, -0.2) is 17.5 Å². The zero-order chi connectivity index (χ0) is 15.3. The van der Waals surface area contributed by atoms with Gasteiger partial charge < -0.3 is 0 Å². The van der Waals surface area contributed by atoms with Gasteiger partial charge in [-0.1, -0.05) is 43.9 Å². The molecule has 0 spiro atoms. The topological polar surface area (TPSA) is 72.6 Å². The first-order valence-electron chi connectivity index (χ1n) is 7.51. The molecule has 0 unspecified atom stereocenters. The number of hydrogen-bond donors (Lipinski definition) is 0. The molecule has 0 saturated heterocycles. The van der Waals surface area contributed by atoms with Gasteiger partial charge in [0.1, 0.15) is 0 Å². The van der Waals surface area contributed by atoms with Gasteiger partial charge in [0, 0.05) is 11.3 Å². The molecule has 5 heteroatoms. The molecule has 1 aromatic rings. The summed E-state index contributed by atoms with van der Waals surface area (Å²) in [4.78, 5) is 24.0. The fraction of sp³-hybridized carbons (Fsp3) is 0.562. The Balaban J connectivity index is 2.09. The van der Waals surface area contributed by atoms with Crippen molar-refractivity contribution in [2.24, 2.45) is 4.99 Å². The van der Waals surface area contributed by atoms with Crippen molar-refractivity contribution < 1.29 is 9.72 Å². The summed E-state index contributed by atoms with van der Waals surface area (Å²) in [6.45, 7) is 0.0913. The number of nitro groups is 1. The normalized spacial score (nSPS) is 10.1. The van der Waals surface area contributed by atoms with Gasteiger partial charge in [0.2, 0.25) is 12.6 Å². The predicted molar refractivity (Wildman–Crippen MR) is 82.1 cm³/mol. The molecular formula is C16H22N2O3. The molecule has 0 fully saturated rings. The average Bonchev–Trinajstić information content (AvgIpc) is 2.47. The molecule has 0 aromatic heterocycles. The van der Waals surface area contributed by atoms with Crippen molar-refractivity contribution in [1.82, 2.24) is 0 Å². The molecule has 0 aliphatic carbocycles. The van der Waals surface area contributed by atoms with Crippen molar-refractivity contribution in [3.05, 3.63) is 39.9 Å². The third-order valence-corrected chi connectivity index (χ3v) is 3.44. The van der Waals surface area contributed by atoms with E-state index in [9.17, 15) is 14.9 Å². The molecule has 0 heterocycles. The molecule has 1 aromatic carbocycles. The van der Waals surface area contributed by atoms with E-state index in [1.165, 1.54) is 0 Å². The Hall–Kier alpha value is -2.00. The molecule has 0 saturated carbocycles. The van der Waals surface area contributed by atoms with Crippen LogP contribution in [0, 0.1) is 10.1 Å². The second-order valence-electron chi connectivity index (χ2n) is 5.11. The largest absolute Gasteiger partial charge is 0.265 e. The monoisotopic (exact) mass is 290 g/mol. The Morgan fingerprint density at radius 3 is 2.29 bits per heavy atom.